The predicted octanol–water partition coefficient (Wildman–Crippen LogP) is -2.29. The van der Waals surface area contributed by atoms with Crippen molar-refractivity contribution in [3.63, 3.8) is 0 Å². The van der Waals surface area contributed by atoms with Crippen LogP contribution in [0.3, 0.4) is 0 Å². The number of hydroxylamine groups is 1. The second-order valence-electron chi connectivity index (χ2n) is 2.24. The normalized spacial score (nSPS) is 13.8. The fourth-order valence-electron chi connectivity index (χ4n) is 0.757. The zero-order valence-electron chi connectivity index (χ0n) is 7.01. The van der Waals surface area contributed by atoms with Gasteiger partial charge in [0.2, 0.25) is 0 Å². The van der Waals surface area contributed by atoms with E-state index in [4.69, 9.17) is 0 Å². The topological polar surface area (TPSA) is 55.4 Å². The number of carbonyl (C=O) groups excluding carboxylic acids is 1. The Hall–Kier alpha value is 1.01. The van der Waals surface area contributed by atoms with E-state index in [1.807, 2.05) is 27.8 Å². The Kier molecular flexibility index (Phi) is 8.04. The minimum absolute atomic E-state index is 0.0294. The molecule has 0 aromatic carbocycles. The molecule has 1 unspecified atom stereocenters. The van der Waals surface area contributed by atoms with E-state index in [2.05, 4.69) is 3.53 Å². The Balaban J connectivity index is 3.94. The summed E-state index contributed by atoms with van der Waals surface area (Å²) < 4.78 is 3.84. The van der Waals surface area contributed by atoms with Crippen molar-refractivity contribution in [3.8, 4) is 0 Å². The molecule has 0 aromatic heterocycles. The third kappa shape index (κ3) is 4.90. The fraction of sp³-hybridized carbons (Fsp3) is 0.833. The summed E-state index contributed by atoms with van der Waals surface area (Å²) in [6.45, 7) is 2.18. The van der Waals surface area contributed by atoms with Crippen molar-refractivity contribution in [1.29, 1.82) is 0 Å². The Morgan fingerprint density at radius 1 is 1.83 bits per heavy atom. The van der Waals surface area contributed by atoms with Crippen LogP contribution in [-0.4, -0.2) is 26.6 Å². The molecule has 1 atom stereocenters. The molecule has 0 heterocycles. The van der Waals surface area contributed by atoms with Gasteiger partial charge in [0.25, 0.3) is 0 Å². The molecule has 4 nitrogen and oxygen atoms in total. The number of rotatable bonds is 6. The van der Waals surface area contributed by atoms with Crippen LogP contribution in [0, 0.1) is 5.21 Å². The van der Waals surface area contributed by atoms with E-state index in [9.17, 15) is 10.0 Å². The van der Waals surface area contributed by atoms with Gasteiger partial charge in [-0.25, -0.2) is 0 Å². The van der Waals surface area contributed by atoms with Gasteiger partial charge < -0.3 is 0 Å². The van der Waals surface area contributed by atoms with E-state index in [-0.39, 0.29) is 5.78 Å². The molecule has 0 rings (SSSR count). The maximum atomic E-state index is 11.2. The second kappa shape index (κ2) is 7.42. The van der Waals surface area contributed by atoms with E-state index in [0.717, 1.165) is 3.28 Å². The quantitative estimate of drug-likeness (QED) is 0.237. The molecule has 0 spiro atoms. The molecule has 0 aliphatic carbocycles. The second-order valence-corrected chi connectivity index (χ2v) is 4.92. The minimum atomic E-state index is -0.520. The van der Waals surface area contributed by atoms with Gasteiger partial charge in [0.1, 0.15) is 0 Å². The van der Waals surface area contributed by atoms with Crippen LogP contribution in [0.5, 0.6) is 0 Å². The Bertz CT molecular complexity index is 146. The Morgan fingerprint density at radius 3 is 2.75 bits per heavy atom. The standard InChI is InChI=1S/C6H12I2N2O2/c1-5(11)6(3-4-9-7)10(12)8-2/h6,9H,3-4H2,1-2H3/q-2. The third-order valence-electron chi connectivity index (χ3n) is 1.39. The van der Waals surface area contributed by atoms with Crippen molar-refractivity contribution >= 4 is 28.6 Å². The van der Waals surface area contributed by atoms with Crippen LogP contribution in [0.15, 0.2) is 0 Å². The molecule has 0 amide bonds. The zero-order chi connectivity index (χ0) is 9.56. The van der Waals surface area contributed by atoms with Crippen molar-refractivity contribution in [2.24, 2.45) is 0 Å². The van der Waals surface area contributed by atoms with Gasteiger partial charge in [0.05, 0.1) is 0 Å². The van der Waals surface area contributed by atoms with Crippen LogP contribution in [0.4, 0.5) is 0 Å². The number of nitrogens with one attached hydrogen (secondary N) is 1. The molecule has 0 aliphatic heterocycles. The molecule has 0 saturated carbocycles. The number of ketones is 1. The SMILES string of the molecule is C[I-]N([O-])C(CCNI)C(C)=O. The Labute approximate surface area is 97.1 Å². The van der Waals surface area contributed by atoms with Crippen molar-refractivity contribution in [2.75, 3.05) is 11.5 Å². The number of alkyl halides is 1. The monoisotopic (exact) mass is 398 g/mol. The summed E-state index contributed by atoms with van der Waals surface area (Å²) in [6.07, 6.45) is 0.606. The molecule has 6 heteroatoms. The van der Waals surface area contributed by atoms with E-state index in [1.165, 1.54) is 6.92 Å². The molecular weight excluding hydrogens is 386 g/mol. The molecule has 1 N–H and O–H groups in total. The predicted molar refractivity (Wildman–Crippen MR) is 52.2 cm³/mol. The van der Waals surface area contributed by atoms with Crippen LogP contribution in [0.2, 0.25) is 0 Å². The first-order valence-corrected chi connectivity index (χ1v) is 7.63. The summed E-state index contributed by atoms with van der Waals surface area (Å²) in [5.41, 5.74) is 0. The molecule has 74 valence electrons. The number of halogens is 2. The van der Waals surface area contributed by atoms with Crippen LogP contribution in [0.1, 0.15) is 13.3 Å². The van der Waals surface area contributed by atoms with Gasteiger partial charge in [0.15, 0.2) is 0 Å². The Morgan fingerprint density at radius 2 is 2.42 bits per heavy atom. The van der Waals surface area contributed by atoms with E-state index >= 15 is 0 Å². The molecular formula is C6H12I2N2O2-2. The van der Waals surface area contributed by atoms with Gasteiger partial charge >= 0.3 is 97.8 Å². The van der Waals surface area contributed by atoms with Gasteiger partial charge in [-0.3, -0.25) is 0 Å². The molecule has 0 aliphatic rings. The first-order valence-electron chi connectivity index (χ1n) is 3.43. The van der Waals surface area contributed by atoms with Crippen LogP contribution >= 0.6 is 22.9 Å². The van der Waals surface area contributed by atoms with Gasteiger partial charge in [0, 0.05) is 0 Å². The first-order chi connectivity index (χ1) is 5.63. The number of hydrogen-bond donors (Lipinski definition) is 1. The van der Waals surface area contributed by atoms with Gasteiger partial charge in [-0.1, -0.05) is 0 Å². The number of Topliss-reactive ketones (excluding diaryl/α,β-unsaturated/α-hetero) is 1. The van der Waals surface area contributed by atoms with Crippen molar-refractivity contribution in [2.45, 2.75) is 19.4 Å². The number of carbonyl (C=O) groups is 1. The maximum absolute atomic E-state index is 11.2. The van der Waals surface area contributed by atoms with Crippen molar-refractivity contribution in [1.82, 2.24) is 6.81 Å². The molecule has 12 heavy (non-hydrogen) atoms. The number of hydrogen-bond acceptors (Lipinski definition) is 4. The molecule has 0 bridgehead atoms. The first kappa shape index (κ1) is 13.0. The van der Waals surface area contributed by atoms with Gasteiger partial charge in [-0.05, 0) is 0 Å². The molecule has 0 aromatic rings. The van der Waals surface area contributed by atoms with Crippen molar-refractivity contribution in [3.05, 3.63) is 5.21 Å². The number of nitrogens with zero attached hydrogens (tertiary/aromatic N) is 1. The summed E-state index contributed by atoms with van der Waals surface area (Å²) in [7, 11) is 0. The van der Waals surface area contributed by atoms with Crippen LogP contribution < -0.4 is 25.0 Å². The van der Waals surface area contributed by atoms with Crippen LogP contribution in [-0.2, 0) is 4.79 Å². The van der Waals surface area contributed by atoms with Crippen LogP contribution in [0.25, 0.3) is 0 Å². The molecule has 0 saturated heterocycles. The average molecular weight is 398 g/mol. The zero-order valence-corrected chi connectivity index (χ0v) is 11.3. The molecule has 0 radical (unpaired) electrons. The third-order valence-corrected chi connectivity index (χ3v) is 3.56. The summed E-state index contributed by atoms with van der Waals surface area (Å²) in [5, 5.41) is 11.2. The summed E-state index contributed by atoms with van der Waals surface area (Å²) in [6, 6.07) is -0.426. The van der Waals surface area contributed by atoms with Gasteiger partial charge in [-0.15, -0.1) is 0 Å². The average Bonchev–Trinajstić information content (AvgIpc) is 2.04. The summed E-state index contributed by atoms with van der Waals surface area (Å²) in [4.78, 5) is 12.9. The molecule has 0 fully saturated rings. The van der Waals surface area contributed by atoms with Gasteiger partial charge in [-0.2, -0.15) is 0 Å². The summed E-state index contributed by atoms with van der Waals surface area (Å²) >= 11 is 1.49. The van der Waals surface area contributed by atoms with E-state index in [0.29, 0.717) is 13.0 Å². The van der Waals surface area contributed by atoms with Crippen molar-refractivity contribution < 1.29 is 26.3 Å². The fourth-order valence-corrected chi connectivity index (χ4v) is 2.41. The van der Waals surface area contributed by atoms with E-state index < -0.39 is 27.5 Å². The van der Waals surface area contributed by atoms with E-state index in [1.54, 1.807) is 0 Å². The summed E-state index contributed by atoms with van der Waals surface area (Å²) in [5.74, 6) is -0.0294.